The van der Waals surface area contributed by atoms with E-state index < -0.39 is 5.91 Å². The molecule has 0 saturated carbocycles. The van der Waals surface area contributed by atoms with E-state index in [1.807, 2.05) is 25.1 Å². The van der Waals surface area contributed by atoms with Crippen molar-refractivity contribution >= 4 is 16.8 Å². The highest BCUT2D eigenvalue weighted by Gasteiger charge is 2.03. The number of ether oxygens (including phenoxy) is 1. The van der Waals surface area contributed by atoms with Gasteiger partial charge in [-0.3, -0.25) is 9.78 Å². The fourth-order valence-corrected chi connectivity index (χ4v) is 2.08. The smallest absolute Gasteiger partial charge is 0.243 e. The zero-order chi connectivity index (χ0) is 14.4. The minimum atomic E-state index is -0.444. The average molecular weight is 273 g/mol. The van der Waals surface area contributed by atoms with Crippen LogP contribution in [-0.4, -0.2) is 30.6 Å². The minimum absolute atomic E-state index is 0.0288. The molecule has 0 aliphatic carbocycles. The van der Waals surface area contributed by atoms with Crippen molar-refractivity contribution in [3.8, 4) is 0 Å². The number of primary amides is 1. The number of fused-ring (bicyclic) bond motifs is 1. The van der Waals surface area contributed by atoms with E-state index in [1.165, 1.54) is 5.56 Å². The molecule has 1 aromatic heterocycles. The average Bonchev–Trinajstić information content (AvgIpc) is 2.42. The van der Waals surface area contributed by atoms with Crippen LogP contribution in [0.4, 0.5) is 0 Å². The molecule has 1 aromatic carbocycles. The van der Waals surface area contributed by atoms with Gasteiger partial charge in [-0.25, -0.2) is 0 Å². The Morgan fingerprint density at radius 1 is 1.40 bits per heavy atom. The summed E-state index contributed by atoms with van der Waals surface area (Å²) in [6.45, 7) is 3.84. The van der Waals surface area contributed by atoms with E-state index in [1.54, 1.807) is 0 Å². The molecule has 0 atom stereocenters. The molecule has 1 heterocycles. The lowest BCUT2D eigenvalue weighted by atomic mass is 10.1. The molecule has 0 bridgehead atoms. The van der Waals surface area contributed by atoms with Crippen LogP contribution in [0.3, 0.4) is 0 Å². The van der Waals surface area contributed by atoms with Crippen LogP contribution in [0.15, 0.2) is 30.3 Å². The topological polar surface area (TPSA) is 77.2 Å². The lowest BCUT2D eigenvalue weighted by molar-refractivity contribution is -0.122. The second kappa shape index (κ2) is 6.98. The Labute approximate surface area is 118 Å². The Bertz CT molecular complexity index is 599. The molecule has 0 unspecified atom stereocenters. The second-order valence-electron chi connectivity index (χ2n) is 4.64. The number of carbonyl (C=O) groups excluding carboxylic acids is 1. The summed E-state index contributed by atoms with van der Waals surface area (Å²) in [6, 6.07) is 10.2. The van der Waals surface area contributed by atoms with Gasteiger partial charge in [0.2, 0.25) is 5.91 Å². The third kappa shape index (κ3) is 4.01. The van der Waals surface area contributed by atoms with Gasteiger partial charge in [0, 0.05) is 24.2 Å². The number of nitrogens with two attached hydrogens (primary N) is 1. The molecule has 2 rings (SSSR count). The van der Waals surface area contributed by atoms with Crippen LogP contribution < -0.4 is 11.1 Å². The van der Waals surface area contributed by atoms with E-state index >= 15 is 0 Å². The minimum Gasteiger partial charge on any atom is -0.370 e. The zero-order valence-electron chi connectivity index (χ0n) is 11.6. The van der Waals surface area contributed by atoms with Crippen molar-refractivity contribution in [1.82, 2.24) is 10.3 Å². The normalized spacial score (nSPS) is 10.8. The summed E-state index contributed by atoms with van der Waals surface area (Å²) in [6.07, 6.45) is 0. The van der Waals surface area contributed by atoms with Gasteiger partial charge >= 0.3 is 0 Å². The highest BCUT2D eigenvalue weighted by atomic mass is 16.5. The maximum absolute atomic E-state index is 10.5. The van der Waals surface area contributed by atoms with Crippen LogP contribution in [-0.2, 0) is 16.1 Å². The molecule has 1 amide bonds. The van der Waals surface area contributed by atoms with Crippen molar-refractivity contribution in [3.63, 3.8) is 0 Å². The van der Waals surface area contributed by atoms with Crippen LogP contribution >= 0.6 is 0 Å². The molecule has 3 N–H and O–H groups in total. The summed E-state index contributed by atoms with van der Waals surface area (Å²) in [5.74, 6) is -0.444. The van der Waals surface area contributed by atoms with E-state index in [0.29, 0.717) is 13.2 Å². The molecule has 0 fully saturated rings. The number of pyridine rings is 1. The van der Waals surface area contributed by atoms with Crippen molar-refractivity contribution < 1.29 is 9.53 Å². The van der Waals surface area contributed by atoms with Crippen molar-refractivity contribution in [2.75, 3.05) is 19.8 Å². The number of hydrogen-bond donors (Lipinski definition) is 2. The molecule has 106 valence electrons. The van der Waals surface area contributed by atoms with Gasteiger partial charge in [-0.2, -0.15) is 0 Å². The highest BCUT2D eigenvalue weighted by molar-refractivity contribution is 5.82. The zero-order valence-corrected chi connectivity index (χ0v) is 11.6. The van der Waals surface area contributed by atoms with E-state index in [-0.39, 0.29) is 6.61 Å². The monoisotopic (exact) mass is 273 g/mol. The number of hydrogen-bond acceptors (Lipinski definition) is 4. The summed E-state index contributed by atoms with van der Waals surface area (Å²) >= 11 is 0. The summed E-state index contributed by atoms with van der Waals surface area (Å²) in [7, 11) is 0. The number of amides is 1. The van der Waals surface area contributed by atoms with Gasteiger partial charge in [0.05, 0.1) is 12.1 Å². The molecular weight excluding hydrogens is 254 g/mol. The number of carbonyl (C=O) groups is 1. The fraction of sp³-hybridized carbons (Fsp3) is 0.333. The Kier molecular flexibility index (Phi) is 5.03. The predicted molar refractivity (Wildman–Crippen MR) is 78.2 cm³/mol. The summed E-state index contributed by atoms with van der Waals surface area (Å²) in [4.78, 5) is 15.0. The quantitative estimate of drug-likeness (QED) is 0.741. The number of aryl methyl sites for hydroxylation is 1. The Hall–Kier alpha value is -1.98. The molecule has 0 spiro atoms. The van der Waals surface area contributed by atoms with Crippen LogP contribution in [0.25, 0.3) is 10.9 Å². The summed E-state index contributed by atoms with van der Waals surface area (Å²) < 4.78 is 5.09. The molecule has 0 radical (unpaired) electrons. The van der Waals surface area contributed by atoms with Crippen molar-refractivity contribution in [3.05, 3.63) is 41.6 Å². The first-order chi connectivity index (χ1) is 9.66. The number of para-hydroxylation sites is 1. The number of benzene rings is 1. The third-order valence-corrected chi connectivity index (χ3v) is 2.91. The fourth-order valence-electron chi connectivity index (χ4n) is 2.08. The van der Waals surface area contributed by atoms with Gasteiger partial charge in [0.1, 0.15) is 6.61 Å². The Morgan fingerprint density at radius 2 is 2.20 bits per heavy atom. The van der Waals surface area contributed by atoms with E-state index in [2.05, 4.69) is 22.4 Å². The Balaban J connectivity index is 1.91. The first-order valence-electron chi connectivity index (χ1n) is 6.59. The molecular formula is C15H19N3O2. The van der Waals surface area contributed by atoms with Crippen LogP contribution in [0.2, 0.25) is 0 Å². The first kappa shape index (κ1) is 14.4. The van der Waals surface area contributed by atoms with Crippen LogP contribution in [0, 0.1) is 6.92 Å². The molecule has 5 nitrogen and oxygen atoms in total. The van der Waals surface area contributed by atoms with Crippen LogP contribution in [0.1, 0.15) is 11.3 Å². The van der Waals surface area contributed by atoms with Gasteiger partial charge < -0.3 is 15.8 Å². The summed E-state index contributed by atoms with van der Waals surface area (Å²) in [5.41, 5.74) is 8.21. The largest absolute Gasteiger partial charge is 0.370 e. The maximum atomic E-state index is 10.5. The summed E-state index contributed by atoms with van der Waals surface area (Å²) in [5, 5.41) is 4.45. The molecule has 5 heteroatoms. The van der Waals surface area contributed by atoms with Gasteiger partial charge in [-0.1, -0.05) is 18.2 Å². The molecule has 0 aliphatic heterocycles. The van der Waals surface area contributed by atoms with Crippen molar-refractivity contribution in [2.45, 2.75) is 13.5 Å². The standard InChI is InChI=1S/C15H19N3O2/c1-11-8-12(9-17-6-7-20-10-15(16)19)13-4-2-3-5-14(13)18-11/h2-5,8,17H,6-7,9-10H2,1H3,(H2,16,19). The van der Waals surface area contributed by atoms with Crippen molar-refractivity contribution in [2.24, 2.45) is 5.73 Å². The maximum Gasteiger partial charge on any atom is 0.243 e. The molecule has 0 aliphatic rings. The number of nitrogens with one attached hydrogen (secondary N) is 1. The van der Waals surface area contributed by atoms with Gasteiger partial charge in [0.15, 0.2) is 0 Å². The molecule has 20 heavy (non-hydrogen) atoms. The lowest BCUT2D eigenvalue weighted by Crippen LogP contribution is -2.23. The van der Waals surface area contributed by atoms with E-state index in [9.17, 15) is 4.79 Å². The SMILES string of the molecule is Cc1cc(CNCCOCC(N)=O)c2ccccc2n1. The van der Waals surface area contributed by atoms with E-state index in [0.717, 1.165) is 23.1 Å². The number of aromatic nitrogens is 1. The molecule has 2 aromatic rings. The van der Waals surface area contributed by atoms with E-state index in [4.69, 9.17) is 10.5 Å². The predicted octanol–water partition coefficient (Wildman–Crippen LogP) is 1.13. The number of rotatable bonds is 7. The number of nitrogens with zero attached hydrogens (tertiary/aromatic N) is 1. The lowest BCUT2D eigenvalue weighted by Gasteiger charge is -2.09. The van der Waals surface area contributed by atoms with Gasteiger partial charge in [-0.05, 0) is 24.6 Å². The third-order valence-electron chi connectivity index (χ3n) is 2.91. The Morgan fingerprint density at radius 3 is 3.00 bits per heavy atom. The van der Waals surface area contributed by atoms with Gasteiger partial charge in [-0.15, -0.1) is 0 Å². The second-order valence-corrected chi connectivity index (χ2v) is 4.64. The highest BCUT2D eigenvalue weighted by Crippen LogP contribution is 2.17. The first-order valence-corrected chi connectivity index (χ1v) is 6.59. The van der Waals surface area contributed by atoms with Crippen molar-refractivity contribution in [1.29, 1.82) is 0 Å². The molecule has 0 saturated heterocycles. The van der Waals surface area contributed by atoms with Gasteiger partial charge in [0.25, 0.3) is 0 Å². The van der Waals surface area contributed by atoms with Crippen LogP contribution in [0.5, 0.6) is 0 Å².